The van der Waals surface area contributed by atoms with E-state index in [1.807, 2.05) is 5.38 Å². The van der Waals surface area contributed by atoms with Gasteiger partial charge in [0.25, 0.3) is 5.92 Å². The molecule has 2 aliphatic rings. The zero-order chi connectivity index (χ0) is 28.3. The van der Waals surface area contributed by atoms with Crippen LogP contribution in [0.4, 0.5) is 13.2 Å². The fourth-order valence-corrected chi connectivity index (χ4v) is 4.11. The van der Waals surface area contributed by atoms with E-state index in [2.05, 4.69) is 31.2 Å². The summed E-state index contributed by atoms with van der Waals surface area (Å²) in [5, 5.41) is 13.6. The number of nitrogens with zero attached hydrogens (tertiary/aromatic N) is 3. The largest absolute Gasteiger partial charge is 0.481 e. The molecule has 3 heterocycles. The van der Waals surface area contributed by atoms with Crippen molar-refractivity contribution in [1.29, 1.82) is 0 Å². The van der Waals surface area contributed by atoms with Crippen LogP contribution < -0.4 is 5.32 Å². The summed E-state index contributed by atoms with van der Waals surface area (Å²) in [6.07, 6.45) is 1.50. The van der Waals surface area contributed by atoms with Gasteiger partial charge < -0.3 is 15.2 Å². The molecule has 8 nitrogen and oxygen atoms in total. The third-order valence-electron chi connectivity index (χ3n) is 5.10. The molecule has 0 bridgehead atoms. The van der Waals surface area contributed by atoms with E-state index in [0.717, 1.165) is 4.47 Å². The van der Waals surface area contributed by atoms with E-state index in [0.29, 0.717) is 22.1 Å². The molecule has 13 heteroatoms. The lowest BCUT2D eigenvalue weighted by Crippen LogP contribution is -2.38. The standard InChI is InChI=1S/C15H18F2N4O2S.C6H4BrF.C4H8O2/c1-2-23-14(22)10-7-19-12(13-18-4-6-24-13)20-11(10)8-21-5-3-15(16,17)9-21;7-5-2-1-3-6(8)4-5;1-3(2)4(5)6/h4,6H,2-3,5,7-9H2,1H3,(H,19,20);1-4H;3H,1-2H3,(H,5,6). The number of hydrogen-bond acceptors (Lipinski definition) is 8. The molecular weight excluding hydrogens is 589 g/mol. The van der Waals surface area contributed by atoms with Gasteiger partial charge in [0.05, 0.1) is 31.2 Å². The molecule has 4 rings (SSSR count). The summed E-state index contributed by atoms with van der Waals surface area (Å²) in [5.74, 6) is -3.77. The third kappa shape index (κ3) is 10.5. The average Bonchev–Trinajstić information content (AvgIpc) is 3.49. The van der Waals surface area contributed by atoms with Gasteiger partial charge in [0, 0.05) is 41.3 Å². The number of alkyl halides is 2. The lowest BCUT2D eigenvalue weighted by molar-refractivity contribution is -0.140. The highest BCUT2D eigenvalue weighted by atomic mass is 79.9. The minimum absolute atomic E-state index is 0.153. The summed E-state index contributed by atoms with van der Waals surface area (Å²) in [6, 6.07) is 6.26. The van der Waals surface area contributed by atoms with E-state index in [9.17, 15) is 22.8 Å². The van der Waals surface area contributed by atoms with Crippen molar-refractivity contribution in [3.05, 3.63) is 62.4 Å². The lowest BCUT2D eigenvalue weighted by Gasteiger charge is -2.24. The molecular formula is C25H30BrF3N4O4S. The fourth-order valence-electron chi connectivity index (χ4n) is 3.14. The normalized spacial score (nSPS) is 16.5. The van der Waals surface area contributed by atoms with E-state index in [-0.39, 0.29) is 50.9 Å². The Morgan fingerprint density at radius 1 is 1.34 bits per heavy atom. The first-order valence-electron chi connectivity index (χ1n) is 11.8. The van der Waals surface area contributed by atoms with Crippen molar-refractivity contribution >= 4 is 45.0 Å². The van der Waals surface area contributed by atoms with E-state index in [4.69, 9.17) is 9.84 Å². The number of nitrogens with one attached hydrogen (secondary N) is 1. The molecule has 0 atom stereocenters. The number of thiazole rings is 1. The SMILES string of the molecule is CC(C)C(=O)O.CCOC(=O)C1=C(CN2CCC(F)(F)C2)NC(c2nccs2)=NC1.Fc1cccc(Br)c1. The summed E-state index contributed by atoms with van der Waals surface area (Å²) in [6.45, 7) is 5.62. The van der Waals surface area contributed by atoms with Crippen molar-refractivity contribution in [2.24, 2.45) is 10.9 Å². The Morgan fingerprint density at radius 3 is 2.53 bits per heavy atom. The van der Waals surface area contributed by atoms with Gasteiger partial charge in [-0.1, -0.05) is 35.8 Å². The van der Waals surface area contributed by atoms with E-state index < -0.39 is 17.9 Å². The van der Waals surface area contributed by atoms with Gasteiger partial charge in [0.1, 0.15) is 5.82 Å². The third-order valence-corrected chi connectivity index (χ3v) is 6.37. The summed E-state index contributed by atoms with van der Waals surface area (Å²) in [5.41, 5.74) is 0.943. The van der Waals surface area contributed by atoms with Gasteiger partial charge in [-0.3, -0.25) is 14.7 Å². The number of aromatic nitrogens is 1. The number of likely N-dealkylation sites (tertiary alicyclic amines) is 1. The molecule has 2 N–H and O–H groups in total. The van der Waals surface area contributed by atoms with Crippen LogP contribution in [0, 0.1) is 11.7 Å². The number of benzene rings is 1. The summed E-state index contributed by atoms with van der Waals surface area (Å²) in [4.78, 5) is 32.0. The zero-order valence-electron chi connectivity index (χ0n) is 21.2. The number of halogens is 4. The van der Waals surface area contributed by atoms with Crippen molar-refractivity contribution in [3.8, 4) is 0 Å². The summed E-state index contributed by atoms with van der Waals surface area (Å²) < 4.78 is 44.8. The van der Waals surface area contributed by atoms with E-state index >= 15 is 0 Å². The molecule has 0 saturated carbocycles. The van der Waals surface area contributed by atoms with Crippen LogP contribution in [0.25, 0.3) is 0 Å². The molecule has 0 amide bonds. The monoisotopic (exact) mass is 618 g/mol. The molecule has 2 aliphatic heterocycles. The second kappa shape index (κ2) is 15.0. The molecule has 0 unspecified atom stereocenters. The second-order valence-corrected chi connectivity index (χ2v) is 10.4. The maximum absolute atomic E-state index is 13.4. The molecule has 0 aliphatic carbocycles. The number of hydrogen-bond donors (Lipinski definition) is 2. The number of carboxylic acids is 1. The van der Waals surface area contributed by atoms with Crippen LogP contribution in [0.2, 0.25) is 0 Å². The average molecular weight is 620 g/mol. The van der Waals surface area contributed by atoms with Crippen molar-refractivity contribution < 1.29 is 32.6 Å². The molecule has 1 aromatic heterocycles. The van der Waals surface area contributed by atoms with Gasteiger partial charge >= 0.3 is 11.9 Å². The number of carbonyl (C=O) groups is 2. The number of rotatable bonds is 6. The maximum atomic E-state index is 13.4. The first-order valence-corrected chi connectivity index (χ1v) is 13.4. The number of aliphatic carboxylic acids is 1. The Morgan fingerprint density at radius 2 is 2.05 bits per heavy atom. The molecule has 0 radical (unpaired) electrons. The molecule has 0 spiro atoms. The van der Waals surface area contributed by atoms with Crippen molar-refractivity contribution in [3.63, 3.8) is 0 Å². The first kappa shape index (κ1) is 31.4. The number of carboxylic acid groups (broad SMARTS) is 1. The minimum Gasteiger partial charge on any atom is -0.481 e. The van der Waals surface area contributed by atoms with Crippen LogP contribution in [0.15, 0.2) is 56.6 Å². The Balaban J connectivity index is 0.000000296. The van der Waals surface area contributed by atoms with Crippen LogP contribution in [-0.2, 0) is 14.3 Å². The van der Waals surface area contributed by atoms with Crippen LogP contribution in [0.3, 0.4) is 0 Å². The number of carbonyl (C=O) groups excluding carboxylic acids is 1. The molecule has 38 heavy (non-hydrogen) atoms. The predicted molar refractivity (Wildman–Crippen MR) is 143 cm³/mol. The van der Waals surface area contributed by atoms with Crippen LogP contribution >= 0.6 is 27.3 Å². The first-order chi connectivity index (χ1) is 17.9. The van der Waals surface area contributed by atoms with Gasteiger partial charge in [-0.2, -0.15) is 0 Å². The zero-order valence-corrected chi connectivity index (χ0v) is 23.6. The van der Waals surface area contributed by atoms with Crippen LogP contribution in [0.5, 0.6) is 0 Å². The van der Waals surface area contributed by atoms with Crippen molar-refractivity contribution in [2.75, 3.05) is 32.8 Å². The summed E-state index contributed by atoms with van der Waals surface area (Å²) in [7, 11) is 0. The molecule has 1 aromatic carbocycles. The summed E-state index contributed by atoms with van der Waals surface area (Å²) >= 11 is 4.54. The van der Waals surface area contributed by atoms with Crippen molar-refractivity contribution in [1.82, 2.24) is 15.2 Å². The number of aliphatic imine (C=N–C) groups is 1. The molecule has 2 aromatic rings. The Bertz CT molecular complexity index is 1130. The molecule has 208 valence electrons. The smallest absolute Gasteiger partial charge is 0.337 e. The number of ether oxygens (including phenoxy) is 1. The van der Waals surface area contributed by atoms with Gasteiger partial charge in [-0.25, -0.2) is 22.9 Å². The Labute approximate surface area is 231 Å². The minimum atomic E-state index is -2.68. The quantitative estimate of drug-likeness (QED) is 0.441. The topological polar surface area (TPSA) is 104 Å². The Hall–Kier alpha value is -2.77. The van der Waals surface area contributed by atoms with Crippen molar-refractivity contribution in [2.45, 2.75) is 33.1 Å². The lowest BCUT2D eigenvalue weighted by atomic mass is 10.1. The highest BCUT2D eigenvalue weighted by molar-refractivity contribution is 9.10. The highest BCUT2D eigenvalue weighted by Crippen LogP contribution is 2.28. The van der Waals surface area contributed by atoms with Crippen LogP contribution in [0.1, 0.15) is 32.2 Å². The van der Waals surface area contributed by atoms with E-state index in [1.165, 1.54) is 23.5 Å². The predicted octanol–water partition coefficient (Wildman–Crippen LogP) is 4.97. The second-order valence-electron chi connectivity index (χ2n) is 8.55. The number of esters is 1. The molecule has 1 saturated heterocycles. The number of amidine groups is 1. The van der Waals surface area contributed by atoms with Gasteiger partial charge in [-0.05, 0) is 25.1 Å². The fraction of sp³-hybridized carbons (Fsp3) is 0.440. The van der Waals surface area contributed by atoms with Gasteiger partial charge in [-0.15, -0.1) is 11.3 Å². The van der Waals surface area contributed by atoms with Gasteiger partial charge in [0.2, 0.25) is 0 Å². The van der Waals surface area contributed by atoms with Crippen LogP contribution in [-0.4, -0.2) is 71.5 Å². The maximum Gasteiger partial charge on any atom is 0.337 e. The van der Waals surface area contributed by atoms with Gasteiger partial charge in [0.15, 0.2) is 10.8 Å². The Kier molecular flexibility index (Phi) is 12.4. The highest BCUT2D eigenvalue weighted by Gasteiger charge is 2.39. The molecule has 1 fully saturated rings. The van der Waals surface area contributed by atoms with E-state index in [1.54, 1.807) is 44.0 Å².